The van der Waals surface area contributed by atoms with Gasteiger partial charge < -0.3 is 10.1 Å². The maximum atomic E-state index is 6.03. The van der Waals surface area contributed by atoms with Gasteiger partial charge in [0.05, 0.1) is 6.10 Å². The minimum absolute atomic E-state index is 0.190. The quantitative estimate of drug-likeness (QED) is 0.812. The SMILES string of the molecule is CC(C)COC1CC(N[C@@H](C)c2ccc(Cl)cc2)C1(C)C. The van der Waals surface area contributed by atoms with E-state index in [4.69, 9.17) is 16.3 Å². The van der Waals surface area contributed by atoms with Gasteiger partial charge in [-0.3, -0.25) is 0 Å². The van der Waals surface area contributed by atoms with Crippen LogP contribution < -0.4 is 5.32 Å². The van der Waals surface area contributed by atoms with Crippen LogP contribution in [0.5, 0.6) is 0 Å². The Labute approximate surface area is 134 Å². The average Bonchev–Trinajstić information content (AvgIpc) is 2.42. The number of benzene rings is 1. The lowest BCUT2D eigenvalue weighted by molar-refractivity contribution is -0.125. The molecule has 0 radical (unpaired) electrons. The fraction of sp³-hybridized carbons (Fsp3) is 0.667. The zero-order chi connectivity index (χ0) is 15.6. The lowest BCUT2D eigenvalue weighted by atomic mass is 9.64. The number of halogens is 1. The highest BCUT2D eigenvalue weighted by Gasteiger charge is 2.49. The maximum Gasteiger partial charge on any atom is 0.0656 e. The first-order valence-corrected chi connectivity index (χ1v) is 8.31. The molecular formula is C18H28ClNO. The highest BCUT2D eigenvalue weighted by Crippen LogP contribution is 2.43. The molecule has 1 aliphatic rings. The molecule has 0 amide bonds. The molecule has 1 N–H and O–H groups in total. The smallest absolute Gasteiger partial charge is 0.0656 e. The number of nitrogens with one attached hydrogen (secondary N) is 1. The van der Waals surface area contributed by atoms with Crippen molar-refractivity contribution in [2.24, 2.45) is 11.3 Å². The fourth-order valence-corrected chi connectivity index (χ4v) is 3.04. The summed E-state index contributed by atoms with van der Waals surface area (Å²) in [7, 11) is 0. The van der Waals surface area contributed by atoms with Gasteiger partial charge >= 0.3 is 0 Å². The highest BCUT2D eigenvalue weighted by molar-refractivity contribution is 6.30. The van der Waals surface area contributed by atoms with Gasteiger partial charge in [0.1, 0.15) is 0 Å². The first-order valence-electron chi connectivity index (χ1n) is 7.93. The van der Waals surface area contributed by atoms with E-state index in [-0.39, 0.29) is 5.41 Å². The molecular weight excluding hydrogens is 282 g/mol. The molecule has 0 aliphatic heterocycles. The predicted octanol–water partition coefficient (Wildman–Crippen LogP) is 4.83. The third-order valence-corrected chi connectivity index (χ3v) is 4.88. The van der Waals surface area contributed by atoms with Crippen molar-refractivity contribution in [3.05, 3.63) is 34.9 Å². The third-order valence-electron chi connectivity index (χ3n) is 4.63. The molecule has 2 nitrogen and oxygen atoms in total. The molecule has 1 aromatic rings. The summed E-state index contributed by atoms with van der Waals surface area (Å²) < 4.78 is 6.03. The van der Waals surface area contributed by atoms with Crippen LogP contribution in [0.1, 0.15) is 52.6 Å². The molecule has 0 spiro atoms. The molecule has 0 aromatic heterocycles. The van der Waals surface area contributed by atoms with Crippen molar-refractivity contribution in [2.45, 2.75) is 59.2 Å². The molecule has 2 unspecified atom stereocenters. The van der Waals surface area contributed by atoms with E-state index in [1.54, 1.807) is 0 Å². The van der Waals surface area contributed by atoms with Gasteiger partial charge in [-0.2, -0.15) is 0 Å². The van der Waals surface area contributed by atoms with E-state index in [1.165, 1.54) is 5.56 Å². The Morgan fingerprint density at radius 1 is 1.24 bits per heavy atom. The van der Waals surface area contributed by atoms with Gasteiger partial charge in [0, 0.05) is 29.1 Å². The Balaban J connectivity index is 1.88. The molecule has 3 heteroatoms. The largest absolute Gasteiger partial charge is 0.377 e. The third kappa shape index (κ3) is 4.00. The second kappa shape index (κ2) is 6.68. The van der Waals surface area contributed by atoms with E-state index in [2.05, 4.69) is 52.1 Å². The van der Waals surface area contributed by atoms with Crippen LogP contribution in [0.4, 0.5) is 0 Å². The van der Waals surface area contributed by atoms with Crippen molar-refractivity contribution >= 4 is 11.6 Å². The number of hydrogen-bond donors (Lipinski definition) is 1. The van der Waals surface area contributed by atoms with Crippen LogP contribution in [0.25, 0.3) is 0 Å². The molecule has 1 aliphatic carbocycles. The molecule has 1 saturated carbocycles. The van der Waals surface area contributed by atoms with Crippen LogP contribution in [-0.4, -0.2) is 18.8 Å². The van der Waals surface area contributed by atoms with Crippen LogP contribution >= 0.6 is 11.6 Å². The first kappa shape index (κ1) is 16.8. The van der Waals surface area contributed by atoms with Crippen molar-refractivity contribution in [1.29, 1.82) is 0 Å². The Morgan fingerprint density at radius 2 is 1.86 bits per heavy atom. The molecule has 0 heterocycles. The number of rotatable bonds is 6. The summed E-state index contributed by atoms with van der Waals surface area (Å²) in [4.78, 5) is 0. The highest BCUT2D eigenvalue weighted by atomic mass is 35.5. The predicted molar refractivity (Wildman–Crippen MR) is 89.8 cm³/mol. The van der Waals surface area contributed by atoms with Gasteiger partial charge in [0.15, 0.2) is 0 Å². The zero-order valence-electron chi connectivity index (χ0n) is 13.8. The summed E-state index contributed by atoms with van der Waals surface area (Å²) >= 11 is 5.95. The van der Waals surface area contributed by atoms with Crippen LogP contribution in [0.2, 0.25) is 5.02 Å². The topological polar surface area (TPSA) is 21.3 Å². The van der Waals surface area contributed by atoms with E-state index in [0.29, 0.717) is 24.1 Å². The maximum absolute atomic E-state index is 6.03. The average molecular weight is 310 g/mol. The van der Waals surface area contributed by atoms with Gasteiger partial charge in [-0.25, -0.2) is 0 Å². The molecule has 0 bridgehead atoms. The molecule has 118 valence electrons. The number of hydrogen-bond acceptors (Lipinski definition) is 2. The van der Waals surface area contributed by atoms with E-state index in [0.717, 1.165) is 18.1 Å². The van der Waals surface area contributed by atoms with Crippen molar-refractivity contribution in [2.75, 3.05) is 6.61 Å². The monoisotopic (exact) mass is 309 g/mol. The van der Waals surface area contributed by atoms with Gasteiger partial charge in [-0.1, -0.05) is 51.4 Å². The summed E-state index contributed by atoms with van der Waals surface area (Å²) in [6.07, 6.45) is 1.47. The van der Waals surface area contributed by atoms with Crippen LogP contribution in [0, 0.1) is 11.3 Å². The Hall–Kier alpha value is -0.570. The number of ether oxygens (including phenoxy) is 1. The summed E-state index contributed by atoms with van der Waals surface area (Å²) in [6, 6.07) is 8.93. The second-order valence-corrected chi connectivity index (χ2v) is 7.70. The lowest BCUT2D eigenvalue weighted by Gasteiger charge is -2.53. The summed E-state index contributed by atoms with van der Waals surface area (Å²) in [6.45, 7) is 12.1. The Morgan fingerprint density at radius 3 is 2.38 bits per heavy atom. The van der Waals surface area contributed by atoms with E-state index in [9.17, 15) is 0 Å². The minimum Gasteiger partial charge on any atom is -0.377 e. The molecule has 1 aromatic carbocycles. The minimum atomic E-state index is 0.190. The van der Waals surface area contributed by atoms with Crippen LogP contribution in [0.15, 0.2) is 24.3 Å². The summed E-state index contributed by atoms with van der Waals surface area (Å²) in [5.41, 5.74) is 1.47. The summed E-state index contributed by atoms with van der Waals surface area (Å²) in [5, 5.41) is 4.53. The van der Waals surface area contributed by atoms with Gasteiger partial charge in [-0.15, -0.1) is 0 Å². The fourth-order valence-electron chi connectivity index (χ4n) is 2.91. The molecule has 2 rings (SSSR count). The van der Waals surface area contributed by atoms with Crippen molar-refractivity contribution in [1.82, 2.24) is 5.32 Å². The summed E-state index contributed by atoms with van der Waals surface area (Å²) in [5.74, 6) is 0.598. The van der Waals surface area contributed by atoms with Crippen molar-refractivity contribution in [3.8, 4) is 0 Å². The lowest BCUT2D eigenvalue weighted by Crippen LogP contribution is -2.61. The molecule has 0 saturated heterocycles. The van der Waals surface area contributed by atoms with Crippen molar-refractivity contribution in [3.63, 3.8) is 0 Å². The Bertz CT molecular complexity index is 455. The van der Waals surface area contributed by atoms with E-state index in [1.807, 2.05) is 12.1 Å². The first-order chi connectivity index (χ1) is 9.80. The molecule has 21 heavy (non-hydrogen) atoms. The van der Waals surface area contributed by atoms with Crippen molar-refractivity contribution < 1.29 is 4.74 Å². The standard InChI is InChI=1S/C18H28ClNO/c1-12(2)11-21-17-10-16(18(17,4)5)20-13(3)14-6-8-15(19)9-7-14/h6-9,12-13,16-17,20H,10-11H2,1-5H3/t13-,16?,17?/m0/s1. The van der Waals surface area contributed by atoms with Crippen LogP contribution in [-0.2, 0) is 4.74 Å². The van der Waals surface area contributed by atoms with Gasteiger partial charge in [0.2, 0.25) is 0 Å². The zero-order valence-corrected chi connectivity index (χ0v) is 14.6. The van der Waals surface area contributed by atoms with Crippen LogP contribution in [0.3, 0.4) is 0 Å². The van der Waals surface area contributed by atoms with Gasteiger partial charge in [0.25, 0.3) is 0 Å². The second-order valence-electron chi connectivity index (χ2n) is 7.27. The van der Waals surface area contributed by atoms with Gasteiger partial charge in [-0.05, 0) is 37.0 Å². The Kier molecular flexibility index (Phi) is 5.34. The normalized spacial score (nSPS) is 25.7. The van der Waals surface area contributed by atoms with E-state index < -0.39 is 0 Å². The van der Waals surface area contributed by atoms with E-state index >= 15 is 0 Å². The molecule has 1 fully saturated rings. The molecule has 3 atom stereocenters.